The largest absolute Gasteiger partial charge is 0.348 e. The molecule has 1 aromatic carbocycles. The molecule has 3 aromatic rings. The van der Waals surface area contributed by atoms with Crippen molar-refractivity contribution in [3.63, 3.8) is 0 Å². The number of nitrogens with zero attached hydrogens (tertiary/aromatic N) is 2. The number of nitrogens with one attached hydrogen (secondary N) is 2. The zero-order valence-electron chi connectivity index (χ0n) is 10.4. The number of hydrogen-bond acceptors (Lipinski definition) is 3. The van der Waals surface area contributed by atoms with Crippen LogP contribution in [0.3, 0.4) is 0 Å². The molecule has 0 aliphatic carbocycles. The minimum Gasteiger partial charge on any atom is -0.348 e. The zero-order chi connectivity index (χ0) is 13.4. The average molecular weight is 320 g/mol. The number of H-pyrrole nitrogens is 2. The van der Waals surface area contributed by atoms with Gasteiger partial charge < -0.3 is 15.7 Å². The quantitative estimate of drug-likeness (QED) is 0.693. The highest BCUT2D eigenvalue weighted by atomic mass is 79.9. The van der Waals surface area contributed by atoms with Crippen LogP contribution in [-0.2, 0) is 6.42 Å². The number of hydrogen-bond donors (Lipinski definition) is 3. The molecule has 0 radical (unpaired) electrons. The van der Waals surface area contributed by atoms with Crippen LogP contribution < -0.4 is 5.73 Å². The number of rotatable bonds is 3. The molecule has 0 aliphatic rings. The van der Waals surface area contributed by atoms with Gasteiger partial charge in [-0.1, -0.05) is 15.9 Å². The molecular weight excluding hydrogens is 306 g/mol. The normalized spacial score (nSPS) is 13.0. The summed E-state index contributed by atoms with van der Waals surface area (Å²) < 4.78 is 1.04. The second-order valence-electron chi connectivity index (χ2n) is 4.63. The van der Waals surface area contributed by atoms with Crippen molar-refractivity contribution in [1.82, 2.24) is 19.9 Å². The molecule has 0 saturated carbocycles. The molecule has 0 spiro atoms. The summed E-state index contributed by atoms with van der Waals surface area (Å²) in [6.07, 6.45) is 4.12. The van der Waals surface area contributed by atoms with Gasteiger partial charge in [-0.15, -0.1) is 0 Å². The van der Waals surface area contributed by atoms with Gasteiger partial charge in [0.05, 0.1) is 23.4 Å². The van der Waals surface area contributed by atoms with E-state index >= 15 is 0 Å². The first-order chi connectivity index (χ1) is 9.13. The minimum atomic E-state index is -0.175. The summed E-state index contributed by atoms with van der Waals surface area (Å²) in [4.78, 5) is 14.9. The SMILES string of the molecule is Cc1cc(Br)cc2[nH]c(C(N)Cc3cnc[nH]3)nc12. The maximum atomic E-state index is 6.18. The Morgan fingerprint density at radius 2 is 2.26 bits per heavy atom. The lowest BCUT2D eigenvalue weighted by atomic mass is 10.2. The predicted molar refractivity (Wildman–Crippen MR) is 77.8 cm³/mol. The van der Waals surface area contributed by atoms with Crippen LogP contribution in [0.4, 0.5) is 0 Å². The highest BCUT2D eigenvalue weighted by molar-refractivity contribution is 9.10. The maximum Gasteiger partial charge on any atom is 0.124 e. The molecule has 1 atom stereocenters. The van der Waals surface area contributed by atoms with Gasteiger partial charge in [-0.05, 0) is 24.6 Å². The van der Waals surface area contributed by atoms with Crippen molar-refractivity contribution < 1.29 is 0 Å². The number of nitrogens with two attached hydrogens (primary N) is 1. The van der Waals surface area contributed by atoms with Crippen LogP contribution in [0.25, 0.3) is 11.0 Å². The molecule has 5 nitrogen and oxygen atoms in total. The van der Waals surface area contributed by atoms with E-state index in [1.807, 2.05) is 19.1 Å². The van der Waals surface area contributed by atoms with Gasteiger partial charge >= 0.3 is 0 Å². The Balaban J connectivity index is 1.94. The highest BCUT2D eigenvalue weighted by Crippen LogP contribution is 2.24. The Labute approximate surface area is 118 Å². The highest BCUT2D eigenvalue weighted by Gasteiger charge is 2.14. The van der Waals surface area contributed by atoms with E-state index in [9.17, 15) is 0 Å². The van der Waals surface area contributed by atoms with Crippen molar-refractivity contribution in [2.24, 2.45) is 5.73 Å². The third-order valence-electron chi connectivity index (χ3n) is 3.11. The Kier molecular flexibility index (Phi) is 3.12. The third-order valence-corrected chi connectivity index (χ3v) is 3.56. The van der Waals surface area contributed by atoms with E-state index in [1.165, 1.54) is 0 Å². The standard InChI is InChI=1S/C13H14BrN5/c1-7-2-8(14)3-11-12(7)19-13(18-11)10(15)4-9-5-16-6-17-9/h2-3,5-6,10H,4,15H2,1H3,(H,16,17)(H,18,19). The van der Waals surface area contributed by atoms with E-state index in [4.69, 9.17) is 5.73 Å². The van der Waals surface area contributed by atoms with Crippen molar-refractivity contribution in [3.05, 3.63) is 46.2 Å². The van der Waals surface area contributed by atoms with Crippen molar-refractivity contribution in [2.45, 2.75) is 19.4 Å². The van der Waals surface area contributed by atoms with Crippen LogP contribution >= 0.6 is 15.9 Å². The molecular formula is C13H14BrN5. The molecule has 0 amide bonds. The lowest BCUT2D eigenvalue weighted by Gasteiger charge is -2.06. The maximum absolute atomic E-state index is 6.18. The monoisotopic (exact) mass is 319 g/mol. The Bertz CT molecular complexity index is 701. The number of benzene rings is 1. The van der Waals surface area contributed by atoms with Crippen molar-refractivity contribution >= 4 is 27.0 Å². The van der Waals surface area contributed by atoms with Crippen LogP contribution in [0.1, 0.15) is 23.1 Å². The van der Waals surface area contributed by atoms with Crippen LogP contribution in [0, 0.1) is 6.92 Å². The molecule has 0 saturated heterocycles. The van der Waals surface area contributed by atoms with E-state index in [0.29, 0.717) is 6.42 Å². The predicted octanol–water partition coefficient (Wildman–Crippen LogP) is 2.60. The van der Waals surface area contributed by atoms with Crippen LogP contribution in [0.2, 0.25) is 0 Å². The van der Waals surface area contributed by atoms with Crippen molar-refractivity contribution in [3.8, 4) is 0 Å². The first-order valence-electron chi connectivity index (χ1n) is 6.02. The van der Waals surface area contributed by atoms with E-state index in [2.05, 4.69) is 35.9 Å². The van der Waals surface area contributed by atoms with Crippen LogP contribution in [0.15, 0.2) is 29.1 Å². The summed E-state index contributed by atoms with van der Waals surface area (Å²) in [5.74, 6) is 0.797. The summed E-state index contributed by atoms with van der Waals surface area (Å²) in [6.45, 7) is 2.04. The van der Waals surface area contributed by atoms with E-state index < -0.39 is 0 Å². The first kappa shape index (κ1) is 12.4. The fourth-order valence-corrected chi connectivity index (χ4v) is 2.74. The summed E-state index contributed by atoms with van der Waals surface area (Å²) in [6, 6.07) is 3.89. The summed E-state index contributed by atoms with van der Waals surface area (Å²) >= 11 is 3.49. The second kappa shape index (κ2) is 4.79. The molecule has 3 rings (SSSR count). The molecule has 0 fully saturated rings. The Morgan fingerprint density at radius 3 is 3.00 bits per heavy atom. The van der Waals surface area contributed by atoms with E-state index in [-0.39, 0.29) is 6.04 Å². The molecule has 19 heavy (non-hydrogen) atoms. The van der Waals surface area contributed by atoms with E-state index in [1.54, 1.807) is 12.5 Å². The van der Waals surface area contributed by atoms with Gasteiger partial charge in [0.2, 0.25) is 0 Å². The molecule has 1 unspecified atom stereocenters. The van der Waals surface area contributed by atoms with Gasteiger partial charge in [-0.25, -0.2) is 9.97 Å². The number of fused-ring (bicyclic) bond motifs is 1. The topological polar surface area (TPSA) is 83.4 Å². The molecule has 0 bridgehead atoms. The number of imidazole rings is 2. The molecule has 4 N–H and O–H groups in total. The summed E-state index contributed by atoms with van der Waals surface area (Å²) in [5.41, 5.74) is 10.3. The molecule has 6 heteroatoms. The Morgan fingerprint density at radius 1 is 1.42 bits per heavy atom. The van der Waals surface area contributed by atoms with Gasteiger partial charge in [0, 0.05) is 22.8 Å². The summed E-state index contributed by atoms with van der Waals surface area (Å²) in [5, 5.41) is 0. The fraction of sp³-hybridized carbons (Fsp3) is 0.231. The lowest BCUT2D eigenvalue weighted by molar-refractivity contribution is 0.670. The number of aryl methyl sites for hydroxylation is 1. The minimum absolute atomic E-state index is 0.175. The first-order valence-corrected chi connectivity index (χ1v) is 6.81. The zero-order valence-corrected chi connectivity index (χ0v) is 12.0. The molecule has 2 heterocycles. The average Bonchev–Trinajstić information content (AvgIpc) is 2.97. The van der Waals surface area contributed by atoms with Crippen LogP contribution in [-0.4, -0.2) is 19.9 Å². The van der Waals surface area contributed by atoms with Gasteiger partial charge in [-0.2, -0.15) is 0 Å². The van der Waals surface area contributed by atoms with Crippen molar-refractivity contribution in [1.29, 1.82) is 0 Å². The number of halogens is 1. The fourth-order valence-electron chi connectivity index (χ4n) is 2.17. The molecule has 0 aliphatic heterocycles. The molecule has 98 valence electrons. The van der Waals surface area contributed by atoms with Gasteiger partial charge in [-0.3, -0.25) is 0 Å². The Hall–Kier alpha value is -1.66. The van der Waals surface area contributed by atoms with Crippen LogP contribution in [0.5, 0.6) is 0 Å². The lowest BCUT2D eigenvalue weighted by Crippen LogP contribution is -2.15. The molecule has 2 aromatic heterocycles. The van der Waals surface area contributed by atoms with Gasteiger partial charge in [0.15, 0.2) is 0 Å². The van der Waals surface area contributed by atoms with Crippen molar-refractivity contribution in [2.75, 3.05) is 0 Å². The van der Waals surface area contributed by atoms with Gasteiger partial charge in [0.1, 0.15) is 5.82 Å². The van der Waals surface area contributed by atoms with E-state index in [0.717, 1.165) is 32.6 Å². The number of aromatic amines is 2. The smallest absolute Gasteiger partial charge is 0.124 e. The number of aromatic nitrogens is 4. The third kappa shape index (κ3) is 2.41. The van der Waals surface area contributed by atoms with Gasteiger partial charge in [0.25, 0.3) is 0 Å². The summed E-state index contributed by atoms with van der Waals surface area (Å²) in [7, 11) is 0. The second-order valence-corrected chi connectivity index (χ2v) is 5.54.